The second kappa shape index (κ2) is 5.51. The van der Waals surface area contributed by atoms with Crippen molar-refractivity contribution in [2.45, 2.75) is 45.6 Å². The molecule has 0 aliphatic heterocycles. The van der Waals surface area contributed by atoms with Gasteiger partial charge in [0.05, 0.1) is 10.5 Å². The van der Waals surface area contributed by atoms with Crippen molar-refractivity contribution in [1.29, 1.82) is 0 Å². The topological polar surface area (TPSA) is 86.5 Å². The summed E-state index contributed by atoms with van der Waals surface area (Å²) >= 11 is 0. The molecule has 6 nitrogen and oxygen atoms in total. The molecule has 0 N–H and O–H groups in total. The largest absolute Gasteiger partial charge is 0.448 e. The molecule has 1 atom stereocenters. The van der Waals surface area contributed by atoms with Crippen LogP contribution in [0.1, 0.15) is 50.4 Å². The van der Waals surface area contributed by atoms with Crippen molar-refractivity contribution < 1.29 is 19.2 Å². The zero-order chi connectivity index (χ0) is 16.5. The molecule has 22 heavy (non-hydrogen) atoms. The van der Waals surface area contributed by atoms with Crippen LogP contribution in [0.4, 0.5) is 5.69 Å². The van der Waals surface area contributed by atoms with Crippen LogP contribution < -0.4 is 0 Å². The Morgan fingerprint density at radius 1 is 1.18 bits per heavy atom. The number of Topliss-reactive ketones (excluding diaryl/α,β-unsaturated/α-hetero) is 1. The lowest BCUT2D eigenvalue weighted by molar-refractivity contribution is -0.384. The number of carbonyl (C=O) groups excluding carboxylic acids is 2. The highest BCUT2D eigenvalue weighted by molar-refractivity contribution is 5.97. The van der Waals surface area contributed by atoms with E-state index in [1.165, 1.54) is 24.3 Å². The average Bonchev–Trinajstić information content (AvgIpc) is 2.45. The molecule has 0 aromatic heterocycles. The first-order valence-corrected chi connectivity index (χ1v) is 7.18. The first-order valence-electron chi connectivity index (χ1n) is 7.18. The van der Waals surface area contributed by atoms with Crippen LogP contribution in [0.15, 0.2) is 24.3 Å². The summed E-state index contributed by atoms with van der Waals surface area (Å²) < 4.78 is 5.45. The molecule has 0 amide bonds. The fourth-order valence-corrected chi connectivity index (χ4v) is 2.89. The van der Waals surface area contributed by atoms with Crippen molar-refractivity contribution in [2.24, 2.45) is 5.41 Å². The number of ether oxygens (including phenoxy) is 1. The number of ketones is 1. The maximum atomic E-state index is 12.5. The van der Waals surface area contributed by atoms with Crippen molar-refractivity contribution in [3.63, 3.8) is 0 Å². The number of esters is 1. The van der Waals surface area contributed by atoms with Crippen molar-refractivity contribution in [2.75, 3.05) is 0 Å². The van der Waals surface area contributed by atoms with Gasteiger partial charge in [-0.1, -0.05) is 13.8 Å². The lowest BCUT2D eigenvalue weighted by Gasteiger charge is -2.40. The van der Waals surface area contributed by atoms with Gasteiger partial charge in [-0.2, -0.15) is 0 Å². The van der Waals surface area contributed by atoms with Crippen molar-refractivity contribution >= 4 is 17.4 Å². The summed E-state index contributed by atoms with van der Waals surface area (Å²) in [6.45, 7) is 5.35. The summed E-state index contributed by atoms with van der Waals surface area (Å²) in [6, 6.07) is 5.15. The number of hydrogen-bond acceptors (Lipinski definition) is 5. The van der Waals surface area contributed by atoms with Gasteiger partial charge in [0.15, 0.2) is 11.4 Å². The van der Waals surface area contributed by atoms with Gasteiger partial charge in [0, 0.05) is 17.5 Å². The van der Waals surface area contributed by atoms with Crippen LogP contribution in [0.2, 0.25) is 0 Å². The Bertz CT molecular complexity index is 620. The monoisotopic (exact) mass is 305 g/mol. The minimum absolute atomic E-state index is 0.0819. The summed E-state index contributed by atoms with van der Waals surface area (Å²) in [5.74, 6) is -0.718. The molecule has 1 aromatic rings. The lowest BCUT2D eigenvalue weighted by atomic mass is 9.69. The van der Waals surface area contributed by atoms with E-state index in [-0.39, 0.29) is 17.0 Å². The Kier molecular flexibility index (Phi) is 4.04. The van der Waals surface area contributed by atoms with E-state index in [4.69, 9.17) is 4.74 Å². The van der Waals surface area contributed by atoms with E-state index in [9.17, 15) is 19.7 Å². The van der Waals surface area contributed by atoms with Crippen LogP contribution in [0.5, 0.6) is 0 Å². The van der Waals surface area contributed by atoms with E-state index < -0.39 is 21.9 Å². The van der Waals surface area contributed by atoms with Crippen molar-refractivity contribution in [3.05, 3.63) is 39.9 Å². The fraction of sp³-hybridized carbons (Fsp3) is 0.500. The highest BCUT2D eigenvalue weighted by Gasteiger charge is 2.48. The zero-order valence-corrected chi connectivity index (χ0v) is 12.9. The zero-order valence-electron chi connectivity index (χ0n) is 12.9. The fourth-order valence-electron chi connectivity index (χ4n) is 2.89. The average molecular weight is 305 g/mol. The minimum Gasteiger partial charge on any atom is -0.448 e. The quantitative estimate of drug-likeness (QED) is 0.486. The number of rotatable bonds is 3. The normalized spacial score (nSPS) is 23.9. The molecule has 1 aliphatic carbocycles. The van der Waals surface area contributed by atoms with Gasteiger partial charge < -0.3 is 4.74 Å². The summed E-state index contributed by atoms with van der Waals surface area (Å²) in [6.07, 6.45) is 2.08. The van der Waals surface area contributed by atoms with Crippen LogP contribution >= 0.6 is 0 Å². The molecule has 6 heteroatoms. The summed E-state index contributed by atoms with van der Waals surface area (Å²) in [5.41, 5.74) is -1.55. The van der Waals surface area contributed by atoms with Gasteiger partial charge in [0.25, 0.3) is 5.69 Å². The molecule has 0 bridgehead atoms. The third-order valence-electron chi connectivity index (χ3n) is 4.18. The molecule has 0 spiro atoms. The first-order chi connectivity index (χ1) is 10.2. The van der Waals surface area contributed by atoms with E-state index >= 15 is 0 Å². The van der Waals surface area contributed by atoms with E-state index in [0.29, 0.717) is 6.42 Å². The van der Waals surface area contributed by atoms with Gasteiger partial charge in [0.1, 0.15) is 0 Å². The highest BCUT2D eigenvalue weighted by Crippen LogP contribution is 2.40. The Hall–Kier alpha value is -2.24. The Balaban J connectivity index is 2.17. The number of hydrogen-bond donors (Lipinski definition) is 0. The lowest BCUT2D eigenvalue weighted by Crippen LogP contribution is -2.50. The Morgan fingerprint density at radius 3 is 2.32 bits per heavy atom. The van der Waals surface area contributed by atoms with Gasteiger partial charge in [0.2, 0.25) is 0 Å². The highest BCUT2D eigenvalue weighted by atomic mass is 16.6. The Labute approximate surface area is 128 Å². The van der Waals surface area contributed by atoms with Gasteiger partial charge in [-0.25, -0.2) is 4.79 Å². The van der Waals surface area contributed by atoms with Crippen LogP contribution in [-0.4, -0.2) is 22.3 Å². The molecule has 2 rings (SSSR count). The van der Waals surface area contributed by atoms with E-state index in [1.54, 1.807) is 6.92 Å². The van der Waals surface area contributed by atoms with Crippen LogP contribution in [0.25, 0.3) is 0 Å². The first kappa shape index (κ1) is 16.1. The molecule has 1 aromatic carbocycles. The van der Waals surface area contributed by atoms with Gasteiger partial charge >= 0.3 is 5.97 Å². The predicted molar refractivity (Wildman–Crippen MR) is 79.6 cm³/mol. The molecule has 1 fully saturated rings. The summed E-state index contributed by atoms with van der Waals surface area (Å²) in [7, 11) is 0. The number of carbonyl (C=O) groups is 2. The van der Waals surface area contributed by atoms with Gasteiger partial charge in [-0.15, -0.1) is 0 Å². The maximum absolute atomic E-state index is 12.5. The molecule has 0 radical (unpaired) electrons. The third-order valence-corrected chi connectivity index (χ3v) is 4.18. The summed E-state index contributed by atoms with van der Waals surface area (Å²) in [4.78, 5) is 34.8. The van der Waals surface area contributed by atoms with E-state index in [1.807, 2.05) is 13.8 Å². The maximum Gasteiger partial charge on any atom is 0.339 e. The SMILES string of the molecule is CC1(C)CCCC(C)(OC(=O)c2ccc([N+](=O)[O-])cc2)C1=O. The predicted octanol–water partition coefficient (Wildman–Crippen LogP) is 3.29. The van der Waals surface area contributed by atoms with E-state index in [0.717, 1.165) is 12.8 Å². The molecular weight excluding hydrogens is 286 g/mol. The molecule has 1 saturated carbocycles. The van der Waals surface area contributed by atoms with Crippen molar-refractivity contribution in [3.8, 4) is 0 Å². The van der Waals surface area contributed by atoms with Crippen LogP contribution in [0, 0.1) is 15.5 Å². The van der Waals surface area contributed by atoms with Crippen molar-refractivity contribution in [1.82, 2.24) is 0 Å². The molecular formula is C16H19NO5. The van der Waals surface area contributed by atoms with Crippen LogP contribution in [-0.2, 0) is 9.53 Å². The molecule has 0 heterocycles. The number of benzene rings is 1. The van der Waals surface area contributed by atoms with Gasteiger partial charge in [-0.3, -0.25) is 14.9 Å². The standard InChI is InChI=1S/C16H19NO5/c1-15(2)9-4-10-16(3,14(15)19)22-13(18)11-5-7-12(8-6-11)17(20)21/h5-8H,4,9-10H2,1-3H3. The molecule has 118 valence electrons. The molecule has 0 saturated heterocycles. The van der Waals surface area contributed by atoms with Gasteiger partial charge in [-0.05, 0) is 38.3 Å². The van der Waals surface area contributed by atoms with E-state index in [2.05, 4.69) is 0 Å². The smallest absolute Gasteiger partial charge is 0.339 e. The summed E-state index contributed by atoms with van der Waals surface area (Å²) in [5, 5.41) is 10.6. The Morgan fingerprint density at radius 2 is 1.77 bits per heavy atom. The minimum atomic E-state index is -1.14. The number of nitro groups is 1. The second-order valence-electron chi connectivity index (χ2n) is 6.49. The number of non-ortho nitro benzene ring substituents is 1. The molecule has 1 unspecified atom stereocenters. The third kappa shape index (κ3) is 3.00. The van der Waals surface area contributed by atoms with Crippen LogP contribution in [0.3, 0.4) is 0 Å². The number of nitro benzene ring substituents is 1. The number of nitrogens with zero attached hydrogens (tertiary/aromatic N) is 1. The molecule has 1 aliphatic rings. The second-order valence-corrected chi connectivity index (χ2v) is 6.49.